The highest BCUT2D eigenvalue weighted by atomic mass is 16.5. The number of amides is 3. The maximum absolute atomic E-state index is 13.8. The van der Waals surface area contributed by atoms with E-state index in [0.717, 1.165) is 42.9 Å². The first-order chi connectivity index (χ1) is 19.0. The van der Waals surface area contributed by atoms with Crippen LogP contribution in [0.15, 0.2) is 30.5 Å². The lowest BCUT2D eigenvalue weighted by Crippen LogP contribution is -2.57. The molecular formula is C29H44N6O4. The van der Waals surface area contributed by atoms with E-state index in [0.29, 0.717) is 38.4 Å². The zero-order chi connectivity index (χ0) is 27.5. The van der Waals surface area contributed by atoms with Gasteiger partial charge in [-0.05, 0) is 55.7 Å². The number of likely N-dealkylation sites (tertiary alicyclic amines) is 1. The van der Waals surface area contributed by atoms with Crippen LogP contribution in [0.4, 0.5) is 4.79 Å². The molecule has 3 amide bonds. The van der Waals surface area contributed by atoms with Crippen LogP contribution in [0.1, 0.15) is 69.5 Å². The average Bonchev–Trinajstić information content (AvgIpc) is 3.50. The van der Waals surface area contributed by atoms with Gasteiger partial charge in [-0.1, -0.05) is 43.5 Å². The molecule has 2 aliphatic rings. The Balaban J connectivity index is 1.40. The number of aromatic amines is 1. The third-order valence-electron chi connectivity index (χ3n) is 8.20. The largest absolute Gasteiger partial charge is 0.497 e. The summed E-state index contributed by atoms with van der Waals surface area (Å²) in [6, 6.07) is 6.58. The van der Waals surface area contributed by atoms with E-state index >= 15 is 0 Å². The van der Waals surface area contributed by atoms with E-state index in [9.17, 15) is 9.59 Å². The zero-order valence-electron chi connectivity index (χ0n) is 23.4. The zero-order valence-corrected chi connectivity index (χ0v) is 23.4. The fourth-order valence-electron chi connectivity index (χ4n) is 5.99. The fraction of sp³-hybridized carbons (Fsp3) is 0.655. The molecule has 3 N–H and O–H groups in total. The van der Waals surface area contributed by atoms with Crippen LogP contribution in [-0.2, 0) is 22.4 Å². The van der Waals surface area contributed by atoms with Gasteiger partial charge >= 0.3 is 6.03 Å². The van der Waals surface area contributed by atoms with Gasteiger partial charge in [-0.3, -0.25) is 9.89 Å². The maximum atomic E-state index is 13.8. The van der Waals surface area contributed by atoms with Gasteiger partial charge in [0.1, 0.15) is 11.8 Å². The SMILES string of the molecule is CCCOC1(C2CCCCC2)CCN(C(=O)[C@@H](Cc2ccc(OC)cc2)NC(=O)NCCc2c[nH]nn2)CC1. The first-order valence-electron chi connectivity index (χ1n) is 14.5. The molecule has 2 heterocycles. The molecule has 0 spiro atoms. The molecule has 2 fully saturated rings. The Kier molecular flexibility index (Phi) is 10.6. The number of carbonyl (C=O) groups is 2. The topological polar surface area (TPSA) is 121 Å². The Hall–Kier alpha value is -3.14. The number of ether oxygens (including phenoxy) is 2. The predicted molar refractivity (Wildman–Crippen MR) is 148 cm³/mol. The summed E-state index contributed by atoms with van der Waals surface area (Å²) in [5.41, 5.74) is 1.59. The van der Waals surface area contributed by atoms with Crippen molar-refractivity contribution in [1.82, 2.24) is 30.9 Å². The number of piperidine rings is 1. The molecule has 1 aliphatic carbocycles. The molecule has 1 aliphatic heterocycles. The summed E-state index contributed by atoms with van der Waals surface area (Å²) in [4.78, 5) is 28.5. The van der Waals surface area contributed by atoms with Crippen LogP contribution in [0.3, 0.4) is 0 Å². The fourth-order valence-corrected chi connectivity index (χ4v) is 5.99. The van der Waals surface area contributed by atoms with E-state index < -0.39 is 6.04 Å². The highest BCUT2D eigenvalue weighted by molar-refractivity contribution is 5.87. The van der Waals surface area contributed by atoms with E-state index in [4.69, 9.17) is 9.47 Å². The minimum Gasteiger partial charge on any atom is -0.497 e. The van der Waals surface area contributed by atoms with Crippen molar-refractivity contribution in [2.75, 3.05) is 33.4 Å². The molecule has 0 bridgehead atoms. The van der Waals surface area contributed by atoms with Crippen molar-refractivity contribution < 1.29 is 19.1 Å². The number of urea groups is 1. The molecule has 1 aromatic carbocycles. The minimum atomic E-state index is -0.677. The molecular weight excluding hydrogens is 496 g/mol. The van der Waals surface area contributed by atoms with Crippen molar-refractivity contribution in [3.8, 4) is 5.75 Å². The number of rotatable bonds is 12. The molecule has 2 aromatic rings. The summed E-state index contributed by atoms with van der Waals surface area (Å²) < 4.78 is 11.8. The summed E-state index contributed by atoms with van der Waals surface area (Å²) in [7, 11) is 1.63. The van der Waals surface area contributed by atoms with Crippen LogP contribution < -0.4 is 15.4 Å². The van der Waals surface area contributed by atoms with Crippen molar-refractivity contribution in [1.29, 1.82) is 0 Å². The van der Waals surface area contributed by atoms with Crippen LogP contribution >= 0.6 is 0 Å². The normalized spacial score (nSPS) is 18.4. The monoisotopic (exact) mass is 540 g/mol. The van der Waals surface area contributed by atoms with Gasteiger partial charge < -0.3 is 25.0 Å². The molecule has 4 rings (SSSR count). The first kappa shape index (κ1) is 28.9. The van der Waals surface area contributed by atoms with Crippen molar-refractivity contribution >= 4 is 11.9 Å². The van der Waals surface area contributed by atoms with Gasteiger partial charge in [-0.2, -0.15) is 0 Å². The highest BCUT2D eigenvalue weighted by Gasteiger charge is 2.44. The number of nitrogens with one attached hydrogen (secondary N) is 3. The van der Waals surface area contributed by atoms with Crippen LogP contribution in [0.25, 0.3) is 0 Å². The van der Waals surface area contributed by atoms with Crippen molar-refractivity contribution in [2.45, 2.75) is 82.8 Å². The van der Waals surface area contributed by atoms with Crippen LogP contribution in [0.5, 0.6) is 5.75 Å². The van der Waals surface area contributed by atoms with Crippen molar-refractivity contribution in [2.24, 2.45) is 5.92 Å². The molecule has 39 heavy (non-hydrogen) atoms. The van der Waals surface area contributed by atoms with Gasteiger partial charge in [0, 0.05) is 45.3 Å². The molecule has 0 unspecified atom stereocenters. The van der Waals surface area contributed by atoms with E-state index in [-0.39, 0.29) is 17.5 Å². The van der Waals surface area contributed by atoms with Gasteiger partial charge in [0.05, 0.1) is 18.4 Å². The van der Waals surface area contributed by atoms with Crippen molar-refractivity contribution in [3.63, 3.8) is 0 Å². The minimum absolute atomic E-state index is 0.0507. The number of benzene rings is 1. The van der Waals surface area contributed by atoms with Gasteiger partial charge in [-0.15, -0.1) is 5.10 Å². The number of methoxy groups -OCH3 is 1. The molecule has 1 aromatic heterocycles. The average molecular weight is 541 g/mol. The van der Waals surface area contributed by atoms with E-state index in [2.05, 4.69) is 33.0 Å². The second-order valence-corrected chi connectivity index (χ2v) is 10.8. The summed E-state index contributed by atoms with van der Waals surface area (Å²) >= 11 is 0. The Morgan fingerprint density at radius 3 is 2.54 bits per heavy atom. The number of hydrogen-bond acceptors (Lipinski definition) is 6. The van der Waals surface area contributed by atoms with Gasteiger partial charge in [0.15, 0.2) is 0 Å². The molecule has 10 nitrogen and oxygen atoms in total. The number of aromatic nitrogens is 3. The molecule has 1 saturated heterocycles. The molecule has 1 atom stereocenters. The van der Waals surface area contributed by atoms with Gasteiger partial charge in [0.25, 0.3) is 0 Å². The van der Waals surface area contributed by atoms with E-state index in [1.165, 1.54) is 32.1 Å². The lowest BCUT2D eigenvalue weighted by Gasteiger charge is -2.48. The van der Waals surface area contributed by atoms with Gasteiger partial charge in [-0.25, -0.2) is 4.79 Å². The smallest absolute Gasteiger partial charge is 0.315 e. The number of carbonyl (C=O) groups excluding carboxylic acids is 2. The number of H-pyrrole nitrogens is 1. The second-order valence-electron chi connectivity index (χ2n) is 10.8. The summed E-state index contributed by atoms with van der Waals surface area (Å²) in [5, 5.41) is 16.1. The second kappa shape index (κ2) is 14.3. The number of hydrogen-bond donors (Lipinski definition) is 3. The van der Waals surface area contributed by atoms with Gasteiger partial charge in [0.2, 0.25) is 5.91 Å². The molecule has 214 valence electrons. The molecule has 0 radical (unpaired) electrons. The maximum Gasteiger partial charge on any atom is 0.315 e. The summed E-state index contributed by atoms with van der Waals surface area (Å²) in [6.45, 7) is 4.60. The summed E-state index contributed by atoms with van der Waals surface area (Å²) in [5.74, 6) is 1.27. The Labute approximate surface area is 231 Å². The Morgan fingerprint density at radius 2 is 1.90 bits per heavy atom. The summed E-state index contributed by atoms with van der Waals surface area (Å²) in [6.07, 6.45) is 11.6. The van der Waals surface area contributed by atoms with E-state index in [1.54, 1.807) is 13.3 Å². The lowest BCUT2D eigenvalue weighted by molar-refractivity contribution is -0.149. The van der Waals surface area contributed by atoms with Crippen LogP contribution in [-0.4, -0.2) is 77.2 Å². The Bertz CT molecular complexity index is 1010. The standard InChI is InChI=1S/C29H44N6O4/c1-3-19-39-29(23-7-5-4-6-8-23)14-17-35(18-15-29)27(36)26(20-22-9-11-25(38-2)12-10-22)32-28(37)30-16-13-24-21-31-34-33-24/h9-12,21,23,26H,3-8,13-20H2,1-2H3,(H2,30,32,37)(H,31,33,34)/t26-/m1/s1. The van der Waals surface area contributed by atoms with E-state index in [1.807, 2.05) is 29.2 Å². The third kappa shape index (κ3) is 7.94. The highest BCUT2D eigenvalue weighted by Crippen LogP contribution is 2.42. The van der Waals surface area contributed by atoms with Crippen molar-refractivity contribution in [3.05, 3.63) is 41.7 Å². The number of nitrogens with zero attached hydrogens (tertiary/aromatic N) is 3. The quantitative estimate of drug-likeness (QED) is 0.378. The molecule has 1 saturated carbocycles. The lowest BCUT2D eigenvalue weighted by atomic mass is 9.72. The van der Waals surface area contributed by atoms with Crippen LogP contribution in [0, 0.1) is 5.92 Å². The predicted octanol–water partition coefficient (Wildman–Crippen LogP) is 3.63. The van der Waals surface area contributed by atoms with Crippen LogP contribution in [0.2, 0.25) is 0 Å². The first-order valence-corrected chi connectivity index (χ1v) is 14.5. The third-order valence-corrected chi connectivity index (χ3v) is 8.20. The molecule has 10 heteroatoms. The Morgan fingerprint density at radius 1 is 1.15 bits per heavy atom.